The topological polar surface area (TPSA) is 62.2 Å². The summed E-state index contributed by atoms with van der Waals surface area (Å²) in [7, 11) is 0. The zero-order valence-corrected chi connectivity index (χ0v) is 9.36. The summed E-state index contributed by atoms with van der Waals surface area (Å²) in [6.45, 7) is 2.14. The number of carbonyl (C=O) groups is 1. The molecule has 0 amide bonds. The average molecular weight is 220 g/mol. The summed E-state index contributed by atoms with van der Waals surface area (Å²) in [6, 6.07) is 1.53. The van der Waals surface area contributed by atoms with Gasteiger partial charge in [-0.05, 0) is 25.8 Å². The van der Waals surface area contributed by atoms with Crippen molar-refractivity contribution in [3.63, 3.8) is 0 Å². The molecule has 1 aliphatic carbocycles. The van der Waals surface area contributed by atoms with E-state index in [0.29, 0.717) is 11.3 Å². The number of hydrogen-bond donors (Lipinski definition) is 2. The average Bonchev–Trinajstić information content (AvgIpc) is 2.65. The van der Waals surface area contributed by atoms with E-state index in [0.717, 1.165) is 12.8 Å². The third kappa shape index (κ3) is 2.15. The lowest BCUT2D eigenvalue weighted by atomic mass is 10.00. The van der Waals surface area contributed by atoms with Gasteiger partial charge in [0, 0.05) is 11.7 Å². The van der Waals surface area contributed by atoms with Crippen LogP contribution in [-0.2, 0) is 0 Å². The fraction of sp³-hybridized carbons (Fsp3) is 0.500. The molecule has 2 N–H and O–H groups in total. The normalized spacial score (nSPS) is 18.3. The van der Waals surface area contributed by atoms with E-state index >= 15 is 0 Å². The summed E-state index contributed by atoms with van der Waals surface area (Å²) in [6.07, 6.45) is 7.67. The molecule has 0 unspecified atom stereocenters. The highest BCUT2D eigenvalue weighted by atomic mass is 16.4. The van der Waals surface area contributed by atoms with Gasteiger partial charge >= 0.3 is 5.97 Å². The van der Waals surface area contributed by atoms with Crippen LogP contribution < -0.4 is 5.32 Å². The van der Waals surface area contributed by atoms with Crippen molar-refractivity contribution in [2.45, 2.75) is 38.1 Å². The molecule has 4 heteroatoms. The highest BCUT2D eigenvalue weighted by Crippen LogP contribution is 2.33. The monoisotopic (exact) mass is 220 g/mol. The summed E-state index contributed by atoms with van der Waals surface area (Å²) in [5, 5.41) is 12.4. The summed E-state index contributed by atoms with van der Waals surface area (Å²) in [5.41, 5.74) is 0.940. The van der Waals surface area contributed by atoms with Gasteiger partial charge in [0.15, 0.2) is 0 Å². The third-order valence-corrected chi connectivity index (χ3v) is 3.20. The fourth-order valence-corrected chi connectivity index (χ4v) is 2.29. The molecule has 1 heterocycles. The molecule has 0 spiro atoms. The Kier molecular flexibility index (Phi) is 2.81. The van der Waals surface area contributed by atoms with Crippen LogP contribution in [0, 0.1) is 0 Å². The molecule has 2 rings (SSSR count). The zero-order valence-electron chi connectivity index (χ0n) is 9.36. The molecule has 1 fully saturated rings. The molecule has 16 heavy (non-hydrogen) atoms. The van der Waals surface area contributed by atoms with Gasteiger partial charge in [0.1, 0.15) is 0 Å². The Morgan fingerprint density at radius 1 is 1.50 bits per heavy atom. The lowest BCUT2D eigenvalue weighted by Crippen LogP contribution is -2.31. The van der Waals surface area contributed by atoms with Gasteiger partial charge in [-0.25, -0.2) is 4.79 Å². The van der Waals surface area contributed by atoms with Crippen LogP contribution >= 0.6 is 0 Å². The van der Waals surface area contributed by atoms with Crippen molar-refractivity contribution in [3.8, 4) is 0 Å². The van der Waals surface area contributed by atoms with Crippen molar-refractivity contribution in [1.29, 1.82) is 0 Å². The molecule has 0 aliphatic heterocycles. The molecule has 4 nitrogen and oxygen atoms in total. The van der Waals surface area contributed by atoms with Gasteiger partial charge in [0.05, 0.1) is 17.4 Å². The first-order valence-corrected chi connectivity index (χ1v) is 5.56. The molecule has 0 radical (unpaired) electrons. The smallest absolute Gasteiger partial charge is 0.337 e. The minimum Gasteiger partial charge on any atom is -0.478 e. The summed E-state index contributed by atoms with van der Waals surface area (Å²) in [5.74, 6) is -0.911. The van der Waals surface area contributed by atoms with Gasteiger partial charge in [0.2, 0.25) is 0 Å². The highest BCUT2D eigenvalue weighted by Gasteiger charge is 2.29. The molecule has 0 atom stereocenters. The van der Waals surface area contributed by atoms with Crippen LogP contribution in [0.4, 0.5) is 5.69 Å². The molecular formula is C12H16N2O2. The second-order valence-corrected chi connectivity index (χ2v) is 4.62. The van der Waals surface area contributed by atoms with Crippen molar-refractivity contribution >= 4 is 11.7 Å². The predicted octanol–water partition coefficient (Wildman–Crippen LogP) is 2.52. The number of hydrogen-bond acceptors (Lipinski definition) is 3. The van der Waals surface area contributed by atoms with Crippen LogP contribution in [0.5, 0.6) is 0 Å². The predicted molar refractivity (Wildman–Crippen MR) is 61.7 cm³/mol. The van der Waals surface area contributed by atoms with Crippen LogP contribution in [0.15, 0.2) is 18.5 Å². The quantitative estimate of drug-likeness (QED) is 0.821. The van der Waals surface area contributed by atoms with Gasteiger partial charge in [-0.1, -0.05) is 12.8 Å². The Hall–Kier alpha value is -1.58. The van der Waals surface area contributed by atoms with Crippen molar-refractivity contribution < 1.29 is 9.90 Å². The van der Waals surface area contributed by atoms with E-state index in [1.54, 1.807) is 6.20 Å². The third-order valence-electron chi connectivity index (χ3n) is 3.20. The summed E-state index contributed by atoms with van der Waals surface area (Å²) >= 11 is 0. The van der Waals surface area contributed by atoms with E-state index in [2.05, 4.69) is 17.2 Å². The van der Waals surface area contributed by atoms with Crippen LogP contribution in [0.25, 0.3) is 0 Å². The van der Waals surface area contributed by atoms with Gasteiger partial charge in [-0.3, -0.25) is 4.98 Å². The van der Waals surface area contributed by atoms with E-state index in [1.165, 1.54) is 25.1 Å². The number of aromatic carboxylic acids is 1. The maximum atomic E-state index is 11.0. The number of carboxylic acid groups (broad SMARTS) is 1. The first-order chi connectivity index (χ1) is 7.61. The number of anilines is 1. The van der Waals surface area contributed by atoms with Gasteiger partial charge in [-0.2, -0.15) is 0 Å². The fourth-order valence-electron chi connectivity index (χ4n) is 2.29. The minimum absolute atomic E-state index is 0.0211. The number of pyridine rings is 1. The number of aromatic nitrogens is 1. The Morgan fingerprint density at radius 3 is 2.81 bits per heavy atom. The van der Waals surface area contributed by atoms with Gasteiger partial charge < -0.3 is 10.4 Å². The Balaban J connectivity index is 2.23. The molecule has 0 bridgehead atoms. The van der Waals surface area contributed by atoms with Crippen LogP contribution in [0.1, 0.15) is 43.0 Å². The van der Waals surface area contributed by atoms with E-state index in [1.807, 2.05) is 0 Å². The van der Waals surface area contributed by atoms with Crippen molar-refractivity contribution in [2.24, 2.45) is 0 Å². The molecule has 0 aromatic carbocycles. The molecule has 1 aromatic rings. The van der Waals surface area contributed by atoms with E-state index < -0.39 is 5.97 Å². The molecule has 0 saturated heterocycles. The van der Waals surface area contributed by atoms with Crippen LogP contribution in [0.3, 0.4) is 0 Å². The second kappa shape index (κ2) is 4.12. The standard InChI is InChI=1S/C12H16N2O2/c1-12(5-2-3-6-12)14-10-8-13-7-4-9(10)11(15)16/h4,7-8,14H,2-3,5-6H2,1H3,(H,15,16). The molecule has 1 saturated carbocycles. The van der Waals surface area contributed by atoms with E-state index in [9.17, 15) is 4.79 Å². The maximum absolute atomic E-state index is 11.0. The maximum Gasteiger partial charge on any atom is 0.337 e. The van der Waals surface area contributed by atoms with Crippen molar-refractivity contribution in [2.75, 3.05) is 5.32 Å². The second-order valence-electron chi connectivity index (χ2n) is 4.62. The van der Waals surface area contributed by atoms with Crippen LogP contribution in [0.2, 0.25) is 0 Å². The Morgan fingerprint density at radius 2 is 2.19 bits per heavy atom. The van der Waals surface area contributed by atoms with E-state index in [-0.39, 0.29) is 5.54 Å². The SMILES string of the molecule is CC1(Nc2cnccc2C(=O)O)CCCC1. The zero-order chi connectivity index (χ0) is 11.6. The van der Waals surface area contributed by atoms with Gasteiger partial charge in [0.25, 0.3) is 0 Å². The summed E-state index contributed by atoms with van der Waals surface area (Å²) < 4.78 is 0. The molecule has 1 aromatic heterocycles. The largest absolute Gasteiger partial charge is 0.478 e. The number of nitrogens with one attached hydrogen (secondary N) is 1. The molecular weight excluding hydrogens is 204 g/mol. The number of nitrogens with zero attached hydrogens (tertiary/aromatic N) is 1. The Bertz CT molecular complexity index is 398. The molecule has 86 valence electrons. The van der Waals surface area contributed by atoms with E-state index in [4.69, 9.17) is 5.11 Å². The lowest BCUT2D eigenvalue weighted by molar-refractivity contribution is 0.0697. The molecule has 1 aliphatic rings. The highest BCUT2D eigenvalue weighted by molar-refractivity contribution is 5.93. The minimum atomic E-state index is -0.911. The number of rotatable bonds is 3. The first kappa shape index (κ1) is 10.9. The van der Waals surface area contributed by atoms with Crippen molar-refractivity contribution in [3.05, 3.63) is 24.0 Å². The number of carboxylic acids is 1. The first-order valence-electron chi connectivity index (χ1n) is 5.56. The van der Waals surface area contributed by atoms with Gasteiger partial charge in [-0.15, -0.1) is 0 Å². The summed E-state index contributed by atoms with van der Waals surface area (Å²) in [4.78, 5) is 15.0. The lowest BCUT2D eigenvalue weighted by Gasteiger charge is -2.27. The van der Waals surface area contributed by atoms with Crippen molar-refractivity contribution in [1.82, 2.24) is 4.98 Å². The van der Waals surface area contributed by atoms with Crippen LogP contribution in [-0.4, -0.2) is 21.6 Å². The Labute approximate surface area is 94.7 Å².